The van der Waals surface area contributed by atoms with Gasteiger partial charge >= 0.3 is 5.97 Å². The summed E-state index contributed by atoms with van der Waals surface area (Å²) < 4.78 is 49.0. The predicted octanol–water partition coefficient (Wildman–Crippen LogP) is 3.55. The lowest BCUT2D eigenvalue weighted by atomic mass is 10.1. The first kappa shape index (κ1) is 23.0. The van der Waals surface area contributed by atoms with Crippen LogP contribution >= 0.6 is 0 Å². The first-order valence-electron chi connectivity index (χ1n) is 9.40. The maximum Gasteiger partial charge on any atom is 0.307 e. The van der Waals surface area contributed by atoms with E-state index < -0.39 is 22.0 Å². The van der Waals surface area contributed by atoms with Gasteiger partial charge in [-0.1, -0.05) is 30.3 Å². The van der Waals surface area contributed by atoms with E-state index in [0.717, 1.165) is 0 Å². The number of benzene rings is 2. The molecule has 0 radical (unpaired) electrons. The normalized spacial score (nSPS) is 12.7. The van der Waals surface area contributed by atoms with Gasteiger partial charge in [-0.05, 0) is 50.2 Å². The van der Waals surface area contributed by atoms with Crippen molar-refractivity contribution in [3.8, 4) is 0 Å². The molecule has 0 fully saturated rings. The molecule has 0 heterocycles. The Labute approximate surface area is 171 Å². The lowest BCUT2D eigenvalue weighted by Gasteiger charge is -2.22. The van der Waals surface area contributed by atoms with Crippen LogP contribution in [0, 0.1) is 5.82 Å². The Morgan fingerprint density at radius 1 is 1.07 bits per heavy atom. The SMILES string of the molecule is CCOC(=O)CCN(C)CC[C@H](OS(=O)(=O)c1ccccc1)c1ccc(F)cc1. The highest BCUT2D eigenvalue weighted by atomic mass is 32.2. The molecule has 2 rings (SSSR count). The lowest BCUT2D eigenvalue weighted by Crippen LogP contribution is -2.26. The second-order valence-electron chi connectivity index (χ2n) is 6.55. The number of rotatable bonds is 11. The van der Waals surface area contributed by atoms with E-state index in [1.807, 2.05) is 11.9 Å². The van der Waals surface area contributed by atoms with Crippen molar-refractivity contribution in [3.05, 3.63) is 66.0 Å². The van der Waals surface area contributed by atoms with Crippen LogP contribution in [-0.4, -0.2) is 46.0 Å². The van der Waals surface area contributed by atoms with Gasteiger partial charge in [0.2, 0.25) is 0 Å². The van der Waals surface area contributed by atoms with Crippen molar-refractivity contribution in [2.75, 3.05) is 26.7 Å². The maximum absolute atomic E-state index is 13.3. The highest BCUT2D eigenvalue weighted by Gasteiger charge is 2.23. The number of halogens is 1. The molecule has 0 aliphatic rings. The number of carbonyl (C=O) groups excluding carboxylic acids is 1. The molecule has 0 aliphatic heterocycles. The van der Waals surface area contributed by atoms with E-state index in [2.05, 4.69) is 0 Å². The van der Waals surface area contributed by atoms with E-state index in [0.29, 0.717) is 31.7 Å². The van der Waals surface area contributed by atoms with Crippen LogP contribution in [0.3, 0.4) is 0 Å². The molecule has 0 bridgehead atoms. The van der Waals surface area contributed by atoms with Gasteiger partial charge in [0.25, 0.3) is 10.1 Å². The minimum Gasteiger partial charge on any atom is -0.466 e. The maximum atomic E-state index is 13.3. The Hall–Kier alpha value is -2.29. The fourth-order valence-electron chi connectivity index (χ4n) is 2.71. The van der Waals surface area contributed by atoms with Gasteiger partial charge in [0, 0.05) is 13.1 Å². The van der Waals surface area contributed by atoms with Crippen molar-refractivity contribution >= 4 is 16.1 Å². The Morgan fingerprint density at radius 3 is 2.34 bits per heavy atom. The van der Waals surface area contributed by atoms with Crippen LogP contribution in [0.2, 0.25) is 0 Å². The highest BCUT2D eigenvalue weighted by molar-refractivity contribution is 7.86. The summed E-state index contributed by atoms with van der Waals surface area (Å²) in [6.45, 7) is 3.03. The Bertz CT molecular complexity index is 872. The summed E-state index contributed by atoms with van der Waals surface area (Å²) in [5, 5.41) is 0. The third-order valence-corrected chi connectivity index (χ3v) is 5.63. The van der Waals surface area contributed by atoms with E-state index >= 15 is 0 Å². The molecule has 0 spiro atoms. The lowest BCUT2D eigenvalue weighted by molar-refractivity contribution is -0.143. The van der Waals surface area contributed by atoms with Crippen LogP contribution in [0.15, 0.2) is 59.5 Å². The molecule has 0 saturated carbocycles. The molecule has 0 saturated heterocycles. The molecule has 0 N–H and O–H groups in total. The van der Waals surface area contributed by atoms with Crippen molar-refractivity contribution in [1.82, 2.24) is 4.90 Å². The summed E-state index contributed by atoms with van der Waals surface area (Å²) >= 11 is 0. The molecule has 158 valence electrons. The van der Waals surface area contributed by atoms with E-state index in [-0.39, 0.29) is 17.3 Å². The van der Waals surface area contributed by atoms with Gasteiger partial charge in [0.05, 0.1) is 17.9 Å². The van der Waals surface area contributed by atoms with Crippen LogP contribution in [0.25, 0.3) is 0 Å². The van der Waals surface area contributed by atoms with E-state index in [9.17, 15) is 17.6 Å². The Morgan fingerprint density at radius 2 is 1.72 bits per heavy atom. The van der Waals surface area contributed by atoms with Crippen molar-refractivity contribution in [2.24, 2.45) is 0 Å². The molecule has 0 amide bonds. The van der Waals surface area contributed by atoms with Crippen LogP contribution in [0.4, 0.5) is 4.39 Å². The Kier molecular flexibility index (Phi) is 8.75. The fraction of sp³-hybridized carbons (Fsp3) is 0.381. The summed E-state index contributed by atoms with van der Waals surface area (Å²) in [6, 6.07) is 13.4. The standard InChI is InChI=1S/C21H26FNO5S/c1-3-27-21(24)14-16-23(2)15-13-20(17-9-11-18(22)12-10-17)28-29(25,26)19-7-5-4-6-8-19/h4-12,20H,3,13-16H2,1-2H3/t20-/m0/s1. The van der Waals surface area contributed by atoms with Crippen LogP contribution < -0.4 is 0 Å². The summed E-state index contributed by atoms with van der Waals surface area (Å²) in [5.41, 5.74) is 0.560. The first-order chi connectivity index (χ1) is 13.8. The van der Waals surface area contributed by atoms with E-state index in [1.54, 1.807) is 25.1 Å². The van der Waals surface area contributed by atoms with Gasteiger partial charge in [-0.3, -0.25) is 8.98 Å². The third kappa shape index (κ3) is 7.56. The number of nitrogens with zero attached hydrogens (tertiary/aromatic N) is 1. The predicted molar refractivity (Wildman–Crippen MR) is 107 cm³/mol. The number of hydrogen-bond acceptors (Lipinski definition) is 6. The third-order valence-electron chi connectivity index (χ3n) is 4.29. The second kappa shape index (κ2) is 11.0. The average Bonchev–Trinajstić information content (AvgIpc) is 2.71. The minimum absolute atomic E-state index is 0.0581. The average molecular weight is 424 g/mol. The second-order valence-corrected chi connectivity index (χ2v) is 8.12. The van der Waals surface area contributed by atoms with Gasteiger partial charge < -0.3 is 9.64 Å². The molecule has 2 aromatic carbocycles. The van der Waals surface area contributed by atoms with E-state index in [1.165, 1.54) is 36.4 Å². The van der Waals surface area contributed by atoms with Gasteiger partial charge in [0.15, 0.2) is 0 Å². The monoisotopic (exact) mass is 423 g/mol. The van der Waals surface area contributed by atoms with Crippen molar-refractivity contribution in [1.29, 1.82) is 0 Å². The molecule has 6 nitrogen and oxygen atoms in total. The molecule has 0 aliphatic carbocycles. The minimum atomic E-state index is -3.99. The zero-order valence-electron chi connectivity index (χ0n) is 16.6. The summed E-state index contributed by atoms with van der Waals surface area (Å²) in [7, 11) is -2.16. The molecule has 8 heteroatoms. The molecule has 0 unspecified atom stereocenters. The quantitative estimate of drug-likeness (QED) is 0.407. The van der Waals surface area contributed by atoms with Crippen molar-refractivity contribution in [3.63, 3.8) is 0 Å². The first-order valence-corrected chi connectivity index (χ1v) is 10.8. The number of hydrogen-bond donors (Lipinski definition) is 0. The summed E-state index contributed by atoms with van der Waals surface area (Å²) in [5.74, 6) is -0.692. The van der Waals surface area contributed by atoms with Gasteiger partial charge in [-0.2, -0.15) is 8.42 Å². The molecule has 2 aromatic rings. The molecular weight excluding hydrogens is 397 g/mol. The van der Waals surface area contributed by atoms with Crippen LogP contribution in [0.5, 0.6) is 0 Å². The largest absolute Gasteiger partial charge is 0.466 e. The molecule has 29 heavy (non-hydrogen) atoms. The van der Waals surface area contributed by atoms with Gasteiger partial charge in [0.1, 0.15) is 11.9 Å². The smallest absolute Gasteiger partial charge is 0.307 e. The van der Waals surface area contributed by atoms with E-state index in [4.69, 9.17) is 8.92 Å². The number of carbonyl (C=O) groups is 1. The van der Waals surface area contributed by atoms with Crippen LogP contribution in [-0.2, 0) is 23.8 Å². The highest BCUT2D eigenvalue weighted by Crippen LogP contribution is 2.27. The van der Waals surface area contributed by atoms with Crippen molar-refractivity contribution < 1.29 is 26.5 Å². The fourth-order valence-corrected chi connectivity index (χ4v) is 3.82. The zero-order valence-corrected chi connectivity index (χ0v) is 17.4. The zero-order chi connectivity index (χ0) is 21.3. The van der Waals surface area contributed by atoms with Gasteiger partial charge in [-0.15, -0.1) is 0 Å². The summed E-state index contributed by atoms with van der Waals surface area (Å²) in [6.07, 6.45) is -0.197. The van der Waals surface area contributed by atoms with Crippen molar-refractivity contribution in [2.45, 2.75) is 30.8 Å². The molecular formula is C21H26FNO5S. The van der Waals surface area contributed by atoms with Gasteiger partial charge in [-0.25, -0.2) is 4.39 Å². The molecule has 0 aromatic heterocycles. The molecule has 1 atom stereocenters. The Balaban J connectivity index is 2.08. The topological polar surface area (TPSA) is 72.9 Å². The summed E-state index contributed by atoms with van der Waals surface area (Å²) in [4.78, 5) is 13.4. The number of ether oxygens (including phenoxy) is 1. The number of esters is 1. The van der Waals surface area contributed by atoms with Crippen LogP contribution in [0.1, 0.15) is 31.4 Å².